The van der Waals surface area contributed by atoms with Gasteiger partial charge in [-0.25, -0.2) is 0 Å². The number of aryl methyl sites for hydroxylation is 1. The maximum atomic E-state index is 12.9. The molecule has 2 heterocycles. The number of methoxy groups -OCH3 is 1. The average Bonchev–Trinajstić information content (AvgIpc) is 3.35. The van der Waals surface area contributed by atoms with Gasteiger partial charge in [-0.3, -0.25) is 9.48 Å². The van der Waals surface area contributed by atoms with Crippen molar-refractivity contribution in [2.24, 2.45) is 0 Å². The van der Waals surface area contributed by atoms with Crippen LogP contribution in [0.15, 0.2) is 43.0 Å². The SMILES string of the molecule is CCn1cc(-c2cccc(C(=O)N(C)Cc3nncn3CCOC)c2)cn1. The zero-order chi connectivity index (χ0) is 19.2. The molecule has 8 heteroatoms. The van der Waals surface area contributed by atoms with Gasteiger partial charge in [0.2, 0.25) is 0 Å². The van der Waals surface area contributed by atoms with Gasteiger partial charge in [0.1, 0.15) is 6.33 Å². The Labute approximate surface area is 158 Å². The van der Waals surface area contributed by atoms with Gasteiger partial charge in [0.05, 0.1) is 19.3 Å². The molecule has 0 aliphatic carbocycles. The van der Waals surface area contributed by atoms with E-state index < -0.39 is 0 Å². The molecular weight excluding hydrogens is 344 g/mol. The van der Waals surface area contributed by atoms with Gasteiger partial charge in [0, 0.05) is 44.6 Å². The summed E-state index contributed by atoms with van der Waals surface area (Å²) >= 11 is 0. The van der Waals surface area contributed by atoms with E-state index in [-0.39, 0.29) is 5.91 Å². The van der Waals surface area contributed by atoms with Crippen LogP contribution in [-0.4, -0.2) is 56.1 Å². The van der Waals surface area contributed by atoms with Crippen molar-refractivity contribution in [2.75, 3.05) is 20.8 Å². The van der Waals surface area contributed by atoms with Crippen LogP contribution >= 0.6 is 0 Å². The second-order valence-corrected chi connectivity index (χ2v) is 6.26. The number of carbonyl (C=O) groups excluding carboxylic acids is 1. The highest BCUT2D eigenvalue weighted by Crippen LogP contribution is 2.20. The predicted octanol–water partition coefficient (Wildman–Crippen LogP) is 2.08. The standard InChI is InChI=1S/C19H24N6O2/c1-4-25-12-17(11-21-25)15-6-5-7-16(10-15)19(26)23(2)13-18-22-20-14-24(18)8-9-27-3/h5-7,10-12,14H,4,8-9,13H2,1-3H3. The zero-order valence-corrected chi connectivity index (χ0v) is 15.9. The molecule has 0 aliphatic heterocycles. The first-order valence-corrected chi connectivity index (χ1v) is 8.86. The fraction of sp³-hybridized carbons (Fsp3) is 0.368. The van der Waals surface area contributed by atoms with Gasteiger partial charge in [-0.2, -0.15) is 5.10 Å². The Bertz CT molecular complexity index is 901. The number of hydrogen-bond donors (Lipinski definition) is 0. The molecule has 0 N–H and O–H groups in total. The van der Waals surface area contributed by atoms with E-state index in [1.165, 1.54) is 0 Å². The number of carbonyl (C=O) groups is 1. The molecule has 1 aromatic carbocycles. The van der Waals surface area contributed by atoms with Gasteiger partial charge in [-0.05, 0) is 24.6 Å². The maximum Gasteiger partial charge on any atom is 0.254 e. The molecule has 0 fully saturated rings. The van der Waals surface area contributed by atoms with Crippen LogP contribution in [0, 0.1) is 0 Å². The molecule has 3 rings (SSSR count). The lowest BCUT2D eigenvalue weighted by atomic mass is 10.1. The van der Waals surface area contributed by atoms with Crippen molar-refractivity contribution in [3.05, 3.63) is 54.4 Å². The number of nitrogens with zero attached hydrogens (tertiary/aromatic N) is 6. The molecule has 8 nitrogen and oxygen atoms in total. The number of aromatic nitrogens is 5. The third-order valence-electron chi connectivity index (χ3n) is 4.36. The van der Waals surface area contributed by atoms with Crippen molar-refractivity contribution in [3.63, 3.8) is 0 Å². The summed E-state index contributed by atoms with van der Waals surface area (Å²) in [6, 6.07) is 7.59. The quantitative estimate of drug-likeness (QED) is 0.608. The third-order valence-corrected chi connectivity index (χ3v) is 4.36. The lowest BCUT2D eigenvalue weighted by molar-refractivity contribution is 0.0779. The first-order chi connectivity index (χ1) is 13.1. The Morgan fingerprint density at radius 1 is 1.30 bits per heavy atom. The Hall–Kier alpha value is -3.00. The maximum absolute atomic E-state index is 12.9. The Morgan fingerprint density at radius 2 is 2.15 bits per heavy atom. The average molecular weight is 368 g/mol. The summed E-state index contributed by atoms with van der Waals surface area (Å²) in [6.45, 7) is 4.44. The molecule has 0 saturated carbocycles. The molecular formula is C19H24N6O2. The molecule has 0 atom stereocenters. The molecule has 0 radical (unpaired) electrons. The summed E-state index contributed by atoms with van der Waals surface area (Å²) < 4.78 is 8.85. The van der Waals surface area contributed by atoms with Crippen LogP contribution in [0.2, 0.25) is 0 Å². The molecule has 0 unspecified atom stereocenters. The smallest absolute Gasteiger partial charge is 0.254 e. The highest BCUT2D eigenvalue weighted by molar-refractivity contribution is 5.95. The van der Waals surface area contributed by atoms with E-state index in [0.29, 0.717) is 25.3 Å². The normalized spacial score (nSPS) is 10.9. The summed E-state index contributed by atoms with van der Waals surface area (Å²) in [7, 11) is 3.41. The van der Waals surface area contributed by atoms with Crippen molar-refractivity contribution < 1.29 is 9.53 Å². The van der Waals surface area contributed by atoms with Crippen molar-refractivity contribution in [1.82, 2.24) is 29.4 Å². The van der Waals surface area contributed by atoms with E-state index in [1.54, 1.807) is 25.4 Å². The van der Waals surface area contributed by atoms with Crippen LogP contribution < -0.4 is 0 Å². The van der Waals surface area contributed by atoms with E-state index in [4.69, 9.17) is 4.74 Å². The highest BCUT2D eigenvalue weighted by atomic mass is 16.5. The predicted molar refractivity (Wildman–Crippen MR) is 101 cm³/mol. The number of ether oxygens (including phenoxy) is 1. The zero-order valence-electron chi connectivity index (χ0n) is 15.9. The van der Waals surface area contributed by atoms with E-state index in [2.05, 4.69) is 15.3 Å². The summed E-state index contributed by atoms with van der Waals surface area (Å²) in [4.78, 5) is 14.5. The van der Waals surface area contributed by atoms with Gasteiger partial charge < -0.3 is 14.2 Å². The summed E-state index contributed by atoms with van der Waals surface area (Å²) in [5, 5.41) is 12.3. The van der Waals surface area contributed by atoms with Crippen molar-refractivity contribution in [2.45, 2.75) is 26.6 Å². The Kier molecular flexibility index (Phi) is 5.97. The minimum absolute atomic E-state index is 0.0685. The Balaban J connectivity index is 1.73. The Morgan fingerprint density at radius 3 is 2.89 bits per heavy atom. The number of hydrogen-bond acceptors (Lipinski definition) is 5. The fourth-order valence-corrected chi connectivity index (χ4v) is 2.80. The van der Waals surface area contributed by atoms with Gasteiger partial charge in [-0.1, -0.05) is 12.1 Å². The lowest BCUT2D eigenvalue weighted by Gasteiger charge is -2.17. The van der Waals surface area contributed by atoms with Crippen LogP contribution in [0.25, 0.3) is 11.1 Å². The summed E-state index contributed by atoms with van der Waals surface area (Å²) in [5.41, 5.74) is 2.59. The molecule has 27 heavy (non-hydrogen) atoms. The van der Waals surface area contributed by atoms with Crippen LogP contribution in [0.1, 0.15) is 23.1 Å². The largest absolute Gasteiger partial charge is 0.383 e. The second kappa shape index (κ2) is 8.59. The molecule has 2 aromatic heterocycles. The topological polar surface area (TPSA) is 78.1 Å². The molecule has 1 amide bonds. The third kappa shape index (κ3) is 4.40. The molecule has 0 aliphatic rings. The van der Waals surface area contributed by atoms with Crippen LogP contribution in [0.4, 0.5) is 0 Å². The molecule has 0 saturated heterocycles. The monoisotopic (exact) mass is 368 g/mol. The van der Waals surface area contributed by atoms with Crippen molar-refractivity contribution >= 4 is 5.91 Å². The van der Waals surface area contributed by atoms with Gasteiger partial charge >= 0.3 is 0 Å². The highest BCUT2D eigenvalue weighted by Gasteiger charge is 2.16. The first-order valence-electron chi connectivity index (χ1n) is 8.86. The van der Waals surface area contributed by atoms with E-state index >= 15 is 0 Å². The lowest BCUT2D eigenvalue weighted by Crippen LogP contribution is -2.28. The van der Waals surface area contributed by atoms with E-state index in [0.717, 1.165) is 23.5 Å². The molecule has 3 aromatic rings. The van der Waals surface area contributed by atoms with Gasteiger partial charge in [0.25, 0.3) is 5.91 Å². The second-order valence-electron chi connectivity index (χ2n) is 6.26. The number of amides is 1. The number of benzene rings is 1. The van der Waals surface area contributed by atoms with Crippen molar-refractivity contribution in [3.8, 4) is 11.1 Å². The minimum Gasteiger partial charge on any atom is -0.383 e. The number of rotatable bonds is 8. The minimum atomic E-state index is -0.0685. The van der Waals surface area contributed by atoms with Gasteiger partial charge in [0.15, 0.2) is 5.82 Å². The summed E-state index contributed by atoms with van der Waals surface area (Å²) in [6.07, 6.45) is 5.44. The van der Waals surface area contributed by atoms with Gasteiger partial charge in [-0.15, -0.1) is 10.2 Å². The van der Waals surface area contributed by atoms with Crippen molar-refractivity contribution in [1.29, 1.82) is 0 Å². The van der Waals surface area contributed by atoms with Crippen LogP contribution in [-0.2, 0) is 24.4 Å². The summed E-state index contributed by atoms with van der Waals surface area (Å²) in [5.74, 6) is 0.657. The molecule has 142 valence electrons. The van der Waals surface area contributed by atoms with E-state index in [9.17, 15) is 4.79 Å². The fourth-order valence-electron chi connectivity index (χ4n) is 2.80. The van der Waals surface area contributed by atoms with Crippen LogP contribution in [0.5, 0.6) is 0 Å². The van der Waals surface area contributed by atoms with E-state index in [1.807, 2.05) is 52.8 Å². The molecule has 0 bridgehead atoms. The molecule has 0 spiro atoms. The first kappa shape index (κ1) is 18.8. The van der Waals surface area contributed by atoms with Crippen LogP contribution in [0.3, 0.4) is 0 Å².